The number of sulfonamides is 2. The average Bonchev–Trinajstić information content (AvgIpc) is 2.96. The highest BCUT2D eigenvalue weighted by molar-refractivity contribution is 7.93. The summed E-state index contributed by atoms with van der Waals surface area (Å²) < 4.78 is 67.0. The molecule has 0 spiro atoms. The van der Waals surface area contributed by atoms with Gasteiger partial charge in [0.25, 0.3) is 10.0 Å². The minimum absolute atomic E-state index is 0.0183. The molecular weight excluding hydrogens is 554 g/mol. The highest BCUT2D eigenvalue weighted by atomic mass is 32.2. The Kier molecular flexibility index (Phi) is 8.71. The van der Waals surface area contributed by atoms with Gasteiger partial charge in [-0.05, 0) is 50.2 Å². The summed E-state index contributed by atoms with van der Waals surface area (Å²) in [5.41, 5.74) is 1.99. The maximum atomic E-state index is 13.9. The van der Waals surface area contributed by atoms with Gasteiger partial charge in [-0.1, -0.05) is 35.4 Å². The zero-order valence-electron chi connectivity index (χ0n) is 22.9. The number of carbonyl (C=O) groups is 1. The van der Waals surface area contributed by atoms with Crippen LogP contribution in [-0.2, 0) is 24.8 Å². The van der Waals surface area contributed by atoms with E-state index in [1.165, 1.54) is 41.6 Å². The molecule has 214 valence electrons. The Hall–Kier alpha value is -3.61. The third-order valence-corrected chi connectivity index (χ3v) is 10.5. The van der Waals surface area contributed by atoms with E-state index in [2.05, 4.69) is 0 Å². The molecule has 0 aliphatic carbocycles. The van der Waals surface area contributed by atoms with Gasteiger partial charge in [-0.15, -0.1) is 0 Å². The van der Waals surface area contributed by atoms with Gasteiger partial charge < -0.3 is 14.4 Å². The zero-order chi connectivity index (χ0) is 29.1. The molecule has 1 saturated heterocycles. The Morgan fingerprint density at radius 2 is 1.32 bits per heavy atom. The van der Waals surface area contributed by atoms with Gasteiger partial charge >= 0.3 is 0 Å². The molecule has 0 unspecified atom stereocenters. The number of carbonyl (C=O) groups excluding carboxylic acids is 1. The molecule has 0 N–H and O–H groups in total. The summed E-state index contributed by atoms with van der Waals surface area (Å²) in [5, 5.41) is 0. The molecule has 0 radical (unpaired) electrons. The highest BCUT2D eigenvalue weighted by Crippen LogP contribution is 2.36. The Morgan fingerprint density at radius 1 is 0.775 bits per heavy atom. The molecule has 0 atom stereocenters. The lowest BCUT2D eigenvalue weighted by Gasteiger charge is -2.35. The molecule has 40 heavy (non-hydrogen) atoms. The van der Waals surface area contributed by atoms with Crippen molar-refractivity contribution in [3.63, 3.8) is 0 Å². The summed E-state index contributed by atoms with van der Waals surface area (Å²) >= 11 is 0. The van der Waals surface area contributed by atoms with E-state index >= 15 is 0 Å². The van der Waals surface area contributed by atoms with Crippen molar-refractivity contribution in [2.45, 2.75) is 23.6 Å². The SMILES string of the molecule is COc1ccc(OC)c(N(CC(=O)N2CCN(S(=O)(=O)c3ccc(C)cc3)CC2)S(=O)(=O)c2ccc(C)cc2)c1. The lowest BCUT2D eigenvalue weighted by atomic mass is 10.2. The van der Waals surface area contributed by atoms with Crippen LogP contribution < -0.4 is 13.8 Å². The van der Waals surface area contributed by atoms with Gasteiger partial charge in [-0.3, -0.25) is 9.10 Å². The largest absolute Gasteiger partial charge is 0.497 e. The number of anilines is 1. The summed E-state index contributed by atoms with van der Waals surface area (Å²) in [6.45, 7) is 3.65. The molecule has 10 nitrogen and oxygen atoms in total. The number of aryl methyl sites for hydroxylation is 2. The van der Waals surface area contributed by atoms with E-state index in [0.29, 0.717) is 5.75 Å². The molecule has 1 amide bonds. The van der Waals surface area contributed by atoms with Crippen LogP contribution in [0.15, 0.2) is 76.5 Å². The Bertz CT molecular complexity index is 1570. The Morgan fingerprint density at radius 3 is 1.85 bits per heavy atom. The number of methoxy groups -OCH3 is 2. The summed E-state index contributed by atoms with van der Waals surface area (Å²) in [6.07, 6.45) is 0. The van der Waals surface area contributed by atoms with E-state index in [4.69, 9.17) is 9.47 Å². The molecule has 1 heterocycles. The van der Waals surface area contributed by atoms with Gasteiger partial charge in [-0.25, -0.2) is 16.8 Å². The first kappa shape index (κ1) is 29.4. The average molecular weight is 588 g/mol. The van der Waals surface area contributed by atoms with Crippen molar-refractivity contribution in [2.75, 3.05) is 51.2 Å². The molecule has 0 aromatic heterocycles. The fourth-order valence-corrected chi connectivity index (χ4v) is 7.23. The topological polar surface area (TPSA) is 114 Å². The second-order valence-corrected chi connectivity index (χ2v) is 13.3. The molecule has 3 aromatic carbocycles. The number of hydrogen-bond donors (Lipinski definition) is 0. The zero-order valence-corrected chi connectivity index (χ0v) is 24.5. The number of amides is 1. The summed E-state index contributed by atoms with van der Waals surface area (Å²) in [5.74, 6) is 0.175. The van der Waals surface area contributed by atoms with Crippen molar-refractivity contribution in [1.82, 2.24) is 9.21 Å². The molecule has 0 saturated carbocycles. The second-order valence-electron chi connectivity index (χ2n) is 9.46. The monoisotopic (exact) mass is 587 g/mol. The Balaban J connectivity index is 1.59. The van der Waals surface area contributed by atoms with Crippen LogP contribution in [0.2, 0.25) is 0 Å². The smallest absolute Gasteiger partial charge is 0.264 e. The number of rotatable bonds is 9. The molecular formula is C28H33N3O7S2. The standard InChI is InChI=1S/C28H33N3O7S2/c1-21-5-10-24(11-6-21)39(33,34)30-17-15-29(16-18-30)28(32)20-31(26-19-23(37-3)9-14-27(26)38-4)40(35,36)25-12-7-22(2)8-13-25/h5-14,19H,15-18,20H2,1-4H3. The van der Waals surface area contributed by atoms with Crippen LogP contribution in [0.5, 0.6) is 11.5 Å². The summed E-state index contributed by atoms with van der Waals surface area (Å²) in [7, 11) is -5.03. The Labute approximate surface area is 235 Å². The van der Waals surface area contributed by atoms with Crippen LogP contribution in [0.3, 0.4) is 0 Å². The van der Waals surface area contributed by atoms with E-state index in [9.17, 15) is 21.6 Å². The van der Waals surface area contributed by atoms with Crippen LogP contribution in [0.4, 0.5) is 5.69 Å². The fraction of sp³-hybridized carbons (Fsp3) is 0.321. The van der Waals surface area contributed by atoms with Crippen molar-refractivity contribution in [1.29, 1.82) is 0 Å². The van der Waals surface area contributed by atoms with Crippen LogP contribution in [-0.4, -0.2) is 78.9 Å². The maximum absolute atomic E-state index is 13.9. The molecule has 4 rings (SSSR count). The van der Waals surface area contributed by atoms with Crippen LogP contribution >= 0.6 is 0 Å². The number of piperazine rings is 1. The van der Waals surface area contributed by atoms with Crippen LogP contribution in [0.25, 0.3) is 0 Å². The fourth-order valence-electron chi connectivity index (χ4n) is 4.39. The molecule has 1 aliphatic rings. The van der Waals surface area contributed by atoms with Gasteiger partial charge in [-0.2, -0.15) is 4.31 Å². The predicted molar refractivity (Wildman–Crippen MR) is 152 cm³/mol. The van der Waals surface area contributed by atoms with Crippen LogP contribution in [0, 0.1) is 13.8 Å². The lowest BCUT2D eigenvalue weighted by molar-refractivity contribution is -0.130. The third kappa shape index (κ3) is 6.08. The molecule has 12 heteroatoms. The molecule has 3 aromatic rings. The van der Waals surface area contributed by atoms with Gasteiger partial charge in [0.1, 0.15) is 18.0 Å². The van der Waals surface area contributed by atoms with E-state index in [1.807, 2.05) is 13.8 Å². The van der Waals surface area contributed by atoms with Crippen molar-refractivity contribution in [2.24, 2.45) is 0 Å². The van der Waals surface area contributed by atoms with Crippen molar-refractivity contribution in [3.05, 3.63) is 77.9 Å². The number of nitrogens with zero attached hydrogens (tertiary/aromatic N) is 3. The first-order valence-corrected chi connectivity index (χ1v) is 15.5. The summed E-state index contributed by atoms with van der Waals surface area (Å²) in [4.78, 5) is 15.2. The van der Waals surface area contributed by atoms with E-state index in [0.717, 1.165) is 15.4 Å². The number of benzene rings is 3. The first-order valence-electron chi connectivity index (χ1n) is 12.6. The van der Waals surface area contributed by atoms with Crippen molar-refractivity contribution >= 4 is 31.6 Å². The van der Waals surface area contributed by atoms with E-state index < -0.39 is 32.5 Å². The van der Waals surface area contributed by atoms with Gasteiger partial charge in [0.05, 0.1) is 29.7 Å². The minimum Gasteiger partial charge on any atom is -0.497 e. The van der Waals surface area contributed by atoms with Crippen molar-refractivity contribution < 1.29 is 31.1 Å². The first-order chi connectivity index (χ1) is 19.0. The minimum atomic E-state index is -4.19. The molecule has 0 bridgehead atoms. The quantitative estimate of drug-likeness (QED) is 0.378. The second kappa shape index (κ2) is 11.9. The van der Waals surface area contributed by atoms with Gasteiger partial charge in [0.2, 0.25) is 15.9 Å². The molecule has 1 aliphatic heterocycles. The maximum Gasteiger partial charge on any atom is 0.264 e. The van der Waals surface area contributed by atoms with E-state index in [-0.39, 0.29) is 47.4 Å². The van der Waals surface area contributed by atoms with Gasteiger partial charge in [0, 0.05) is 32.2 Å². The summed E-state index contributed by atoms with van der Waals surface area (Å²) in [6, 6.07) is 17.7. The number of hydrogen-bond acceptors (Lipinski definition) is 7. The lowest BCUT2D eigenvalue weighted by Crippen LogP contribution is -2.53. The third-order valence-electron chi connectivity index (χ3n) is 6.79. The van der Waals surface area contributed by atoms with Crippen molar-refractivity contribution in [3.8, 4) is 11.5 Å². The van der Waals surface area contributed by atoms with Crippen LogP contribution in [0.1, 0.15) is 11.1 Å². The molecule has 1 fully saturated rings. The normalized spacial score (nSPS) is 14.6. The predicted octanol–water partition coefficient (Wildman–Crippen LogP) is 3.05. The van der Waals surface area contributed by atoms with E-state index in [1.54, 1.807) is 48.5 Å². The van der Waals surface area contributed by atoms with Gasteiger partial charge in [0.15, 0.2) is 0 Å². The number of ether oxygens (including phenoxy) is 2. The highest BCUT2D eigenvalue weighted by Gasteiger charge is 2.34.